The summed E-state index contributed by atoms with van der Waals surface area (Å²) in [6, 6.07) is 79.7. The summed E-state index contributed by atoms with van der Waals surface area (Å²) in [6.45, 7) is 0. The molecule has 0 saturated carbocycles. The molecule has 0 unspecified atom stereocenters. The fourth-order valence-electron chi connectivity index (χ4n) is 9.16. The van der Waals surface area contributed by atoms with Crippen molar-refractivity contribution in [3.8, 4) is 44.5 Å². The van der Waals surface area contributed by atoms with Crippen LogP contribution in [0.25, 0.3) is 99.2 Å². The quantitative estimate of drug-likeness (QED) is 0.161. The minimum atomic E-state index is 0.902. The van der Waals surface area contributed by atoms with Crippen LogP contribution >= 0.6 is 0 Å². The molecule has 0 fully saturated rings. The third-order valence-electron chi connectivity index (χ3n) is 12.1. The van der Waals surface area contributed by atoms with Gasteiger partial charge in [0.1, 0.15) is 22.3 Å². The van der Waals surface area contributed by atoms with Crippen LogP contribution in [0, 0.1) is 0 Å². The summed E-state index contributed by atoms with van der Waals surface area (Å²) in [5.41, 5.74) is 16.0. The zero-order chi connectivity index (χ0) is 40.3. The van der Waals surface area contributed by atoms with Crippen molar-refractivity contribution >= 4 is 71.7 Å². The Kier molecular flexibility index (Phi) is 8.17. The van der Waals surface area contributed by atoms with Gasteiger partial charge in [0.2, 0.25) is 0 Å². The molecule has 0 saturated heterocycles. The Hall–Kier alpha value is -8.14. The minimum absolute atomic E-state index is 0.902. The topological polar surface area (TPSA) is 29.5 Å². The zero-order valence-corrected chi connectivity index (χ0v) is 33.1. The monoisotopic (exact) mass is 779 g/mol. The molecule has 3 nitrogen and oxygen atoms in total. The van der Waals surface area contributed by atoms with Crippen molar-refractivity contribution in [1.82, 2.24) is 0 Å². The van der Waals surface area contributed by atoms with Crippen LogP contribution in [-0.4, -0.2) is 0 Å². The molecule has 0 spiro atoms. The van der Waals surface area contributed by atoms with Crippen molar-refractivity contribution in [2.24, 2.45) is 0 Å². The van der Waals surface area contributed by atoms with E-state index in [1.807, 2.05) is 12.1 Å². The highest BCUT2D eigenvalue weighted by atomic mass is 16.3. The smallest absolute Gasteiger partial charge is 0.143 e. The highest BCUT2D eigenvalue weighted by molar-refractivity contribution is 6.20. The summed E-state index contributed by atoms with van der Waals surface area (Å²) in [5, 5.41) is 6.74. The third-order valence-corrected chi connectivity index (χ3v) is 12.1. The first kappa shape index (κ1) is 34.9. The first-order valence-electron chi connectivity index (χ1n) is 20.7. The molecule has 0 atom stereocenters. The Bertz CT molecular complexity index is 3560. The molecule has 0 aliphatic carbocycles. The van der Waals surface area contributed by atoms with Crippen molar-refractivity contribution in [3.05, 3.63) is 224 Å². The summed E-state index contributed by atoms with van der Waals surface area (Å²) < 4.78 is 13.3. The number of hydrogen-bond acceptors (Lipinski definition) is 3. The molecule has 12 aromatic rings. The van der Waals surface area contributed by atoms with Crippen LogP contribution in [0.1, 0.15) is 0 Å². The minimum Gasteiger partial charge on any atom is -0.455 e. The average Bonchev–Trinajstić information content (AvgIpc) is 3.92. The van der Waals surface area contributed by atoms with E-state index in [9.17, 15) is 0 Å². The normalized spacial score (nSPS) is 11.6. The number of rotatable bonds is 7. The fourth-order valence-corrected chi connectivity index (χ4v) is 9.16. The maximum absolute atomic E-state index is 6.90. The lowest BCUT2D eigenvalue weighted by Crippen LogP contribution is -2.09. The van der Waals surface area contributed by atoms with E-state index in [0.717, 1.165) is 99.5 Å². The number of furan rings is 2. The van der Waals surface area contributed by atoms with Crippen molar-refractivity contribution in [3.63, 3.8) is 0 Å². The Morgan fingerprint density at radius 2 is 0.721 bits per heavy atom. The first-order valence-corrected chi connectivity index (χ1v) is 20.7. The van der Waals surface area contributed by atoms with E-state index in [2.05, 4.69) is 217 Å². The summed E-state index contributed by atoms with van der Waals surface area (Å²) in [6.07, 6.45) is 0. The number of anilines is 3. The number of hydrogen-bond donors (Lipinski definition) is 0. The molecule has 0 N–H and O–H groups in total. The van der Waals surface area contributed by atoms with Crippen LogP contribution in [0.4, 0.5) is 17.1 Å². The second-order valence-electron chi connectivity index (χ2n) is 15.6. The predicted molar refractivity (Wildman–Crippen MR) is 255 cm³/mol. The summed E-state index contributed by atoms with van der Waals surface area (Å²) in [7, 11) is 0. The van der Waals surface area contributed by atoms with Gasteiger partial charge in [-0.05, 0) is 93.4 Å². The fraction of sp³-hybridized carbons (Fsp3) is 0. The van der Waals surface area contributed by atoms with Crippen LogP contribution in [0.2, 0.25) is 0 Å². The van der Waals surface area contributed by atoms with Crippen molar-refractivity contribution < 1.29 is 8.83 Å². The van der Waals surface area contributed by atoms with Gasteiger partial charge in [-0.1, -0.05) is 170 Å². The van der Waals surface area contributed by atoms with Gasteiger partial charge < -0.3 is 13.7 Å². The second kappa shape index (κ2) is 14.3. The zero-order valence-electron chi connectivity index (χ0n) is 33.1. The average molecular weight is 780 g/mol. The molecule has 0 radical (unpaired) electrons. The Balaban J connectivity index is 0.936. The SMILES string of the molecule is c1ccc(-c2cccc(-c3cccc4c3oc3c5ccccc5c(-c5ccc(N(c6ccccc6)c6ccc(-c7cccc8c7oc7ccccc78)cc6)cc5)cc43)c2)cc1. The molecule has 12 rings (SSSR count). The highest BCUT2D eigenvalue weighted by Crippen LogP contribution is 2.44. The van der Waals surface area contributed by atoms with Gasteiger partial charge in [0.25, 0.3) is 0 Å². The van der Waals surface area contributed by atoms with Gasteiger partial charge in [-0.3, -0.25) is 0 Å². The molecule has 0 aliphatic heterocycles. The van der Waals surface area contributed by atoms with E-state index >= 15 is 0 Å². The molecule has 61 heavy (non-hydrogen) atoms. The van der Waals surface area contributed by atoms with E-state index in [0.29, 0.717) is 0 Å². The summed E-state index contributed by atoms with van der Waals surface area (Å²) in [4.78, 5) is 2.31. The molecule has 286 valence electrons. The first-order chi connectivity index (χ1) is 30.2. The van der Waals surface area contributed by atoms with Gasteiger partial charge in [0.15, 0.2) is 0 Å². The second-order valence-corrected chi connectivity index (χ2v) is 15.6. The van der Waals surface area contributed by atoms with Crippen LogP contribution in [0.15, 0.2) is 233 Å². The van der Waals surface area contributed by atoms with Gasteiger partial charge in [-0.2, -0.15) is 0 Å². The van der Waals surface area contributed by atoms with E-state index in [4.69, 9.17) is 8.83 Å². The lowest BCUT2D eigenvalue weighted by Gasteiger charge is -2.26. The van der Waals surface area contributed by atoms with E-state index in [-0.39, 0.29) is 0 Å². The Morgan fingerprint density at radius 3 is 1.44 bits per heavy atom. The molecule has 0 bridgehead atoms. The Labute approximate surface area is 353 Å². The molecule has 10 aromatic carbocycles. The van der Waals surface area contributed by atoms with Gasteiger partial charge in [-0.15, -0.1) is 0 Å². The third kappa shape index (κ3) is 5.90. The summed E-state index contributed by atoms with van der Waals surface area (Å²) in [5.74, 6) is 0. The molecule has 2 heterocycles. The highest BCUT2D eigenvalue weighted by Gasteiger charge is 2.19. The molecule has 2 aromatic heterocycles. The standard InChI is InChI=1S/C58H37NO2/c1-3-14-38(15-4-1)41-16-11-17-42(36-41)47-24-13-26-52-54-37-53(48-20-7-8-22-50(48)58(54)61-57(47)52)40-30-34-45(35-31-40)59(43-18-5-2-6-19-43)44-32-28-39(29-33-44)46-23-12-25-51-49-21-9-10-27-55(49)60-56(46)51/h1-37H. The molecular formula is C58H37NO2. The number of para-hydroxylation sites is 4. The maximum Gasteiger partial charge on any atom is 0.143 e. The maximum atomic E-state index is 6.90. The van der Waals surface area contributed by atoms with Crippen LogP contribution in [0.3, 0.4) is 0 Å². The van der Waals surface area contributed by atoms with Crippen molar-refractivity contribution in [1.29, 1.82) is 0 Å². The van der Waals surface area contributed by atoms with Gasteiger partial charge in [-0.25, -0.2) is 0 Å². The van der Waals surface area contributed by atoms with Gasteiger partial charge in [0, 0.05) is 55.1 Å². The van der Waals surface area contributed by atoms with E-state index in [1.54, 1.807) is 0 Å². The lowest BCUT2D eigenvalue weighted by atomic mass is 9.94. The van der Waals surface area contributed by atoms with E-state index in [1.165, 1.54) is 16.7 Å². The number of fused-ring (bicyclic) bond motifs is 8. The Morgan fingerprint density at radius 1 is 0.246 bits per heavy atom. The molecule has 0 aliphatic rings. The van der Waals surface area contributed by atoms with Gasteiger partial charge in [0.05, 0.1) is 0 Å². The van der Waals surface area contributed by atoms with Crippen LogP contribution < -0.4 is 4.90 Å². The molecule has 3 heteroatoms. The van der Waals surface area contributed by atoms with Crippen LogP contribution in [-0.2, 0) is 0 Å². The predicted octanol–water partition coefficient (Wildman–Crippen LogP) is 16.8. The number of benzene rings is 10. The molecule has 0 amide bonds. The molecular weight excluding hydrogens is 743 g/mol. The van der Waals surface area contributed by atoms with E-state index < -0.39 is 0 Å². The lowest BCUT2D eigenvalue weighted by molar-refractivity contribution is 0.670. The number of nitrogens with zero attached hydrogens (tertiary/aromatic N) is 1. The van der Waals surface area contributed by atoms with Crippen LogP contribution in [0.5, 0.6) is 0 Å². The van der Waals surface area contributed by atoms with Crippen molar-refractivity contribution in [2.75, 3.05) is 4.90 Å². The summed E-state index contributed by atoms with van der Waals surface area (Å²) >= 11 is 0. The largest absolute Gasteiger partial charge is 0.455 e. The van der Waals surface area contributed by atoms with Gasteiger partial charge >= 0.3 is 0 Å². The van der Waals surface area contributed by atoms with Crippen molar-refractivity contribution in [2.45, 2.75) is 0 Å².